The number of aryl methyl sites for hydroxylation is 1. The Morgan fingerprint density at radius 3 is 2.72 bits per heavy atom. The summed E-state index contributed by atoms with van der Waals surface area (Å²) < 4.78 is 5.40. The molecule has 0 aliphatic rings. The van der Waals surface area contributed by atoms with Crippen molar-refractivity contribution in [2.45, 2.75) is 6.92 Å². The molecular formula is C14H14O4. The van der Waals surface area contributed by atoms with Crippen LogP contribution in [0.3, 0.4) is 0 Å². The van der Waals surface area contributed by atoms with Crippen molar-refractivity contribution in [2.75, 3.05) is 13.2 Å². The molecule has 94 valence electrons. The molecule has 2 rings (SSSR count). The van der Waals surface area contributed by atoms with Gasteiger partial charge in [0.1, 0.15) is 12.4 Å². The molecule has 0 saturated carbocycles. The highest BCUT2D eigenvalue weighted by molar-refractivity contribution is 5.98. The van der Waals surface area contributed by atoms with Gasteiger partial charge in [-0.1, -0.05) is 18.2 Å². The highest BCUT2D eigenvalue weighted by atomic mass is 16.5. The number of aliphatic hydroxyl groups is 1. The maximum absolute atomic E-state index is 11.1. The molecule has 0 bridgehead atoms. The minimum Gasteiger partial charge on any atom is -0.491 e. The number of carboxylic acids is 1. The number of aliphatic hydroxyl groups excluding tert-OH is 1. The smallest absolute Gasteiger partial charge is 0.335 e. The molecule has 0 saturated heterocycles. The van der Waals surface area contributed by atoms with E-state index in [4.69, 9.17) is 14.9 Å². The highest BCUT2D eigenvalue weighted by Crippen LogP contribution is 2.29. The third-order valence-electron chi connectivity index (χ3n) is 2.77. The summed E-state index contributed by atoms with van der Waals surface area (Å²) in [5.74, 6) is -0.503. The number of hydrogen-bond acceptors (Lipinski definition) is 3. The molecule has 18 heavy (non-hydrogen) atoms. The number of ether oxygens (including phenoxy) is 1. The molecule has 0 aliphatic heterocycles. The van der Waals surface area contributed by atoms with Gasteiger partial charge in [0.15, 0.2) is 0 Å². The summed E-state index contributed by atoms with van der Waals surface area (Å²) in [5, 5.41) is 19.6. The highest BCUT2D eigenvalue weighted by Gasteiger charge is 2.11. The van der Waals surface area contributed by atoms with Crippen molar-refractivity contribution < 1.29 is 19.7 Å². The van der Waals surface area contributed by atoms with E-state index in [1.165, 1.54) is 6.07 Å². The summed E-state index contributed by atoms with van der Waals surface area (Å²) in [6.07, 6.45) is 0. The normalized spacial score (nSPS) is 10.6. The molecule has 0 heterocycles. The largest absolute Gasteiger partial charge is 0.491 e. The van der Waals surface area contributed by atoms with E-state index in [2.05, 4.69) is 0 Å². The fourth-order valence-electron chi connectivity index (χ4n) is 1.90. The van der Waals surface area contributed by atoms with Crippen LogP contribution >= 0.6 is 0 Å². The molecule has 0 atom stereocenters. The Hall–Kier alpha value is -2.07. The second-order valence-corrected chi connectivity index (χ2v) is 4.02. The Labute approximate surface area is 104 Å². The molecule has 4 heteroatoms. The van der Waals surface area contributed by atoms with Crippen LogP contribution in [0.1, 0.15) is 15.9 Å². The van der Waals surface area contributed by atoms with Gasteiger partial charge in [-0.2, -0.15) is 0 Å². The second-order valence-electron chi connectivity index (χ2n) is 4.02. The first-order chi connectivity index (χ1) is 8.63. The lowest BCUT2D eigenvalue weighted by atomic mass is 10.0. The van der Waals surface area contributed by atoms with E-state index < -0.39 is 5.97 Å². The molecular weight excluding hydrogens is 232 g/mol. The van der Waals surface area contributed by atoms with Crippen LogP contribution in [0, 0.1) is 6.92 Å². The Kier molecular flexibility index (Phi) is 3.48. The lowest BCUT2D eigenvalue weighted by Crippen LogP contribution is -2.04. The minimum atomic E-state index is -0.992. The number of benzene rings is 2. The van der Waals surface area contributed by atoms with Gasteiger partial charge in [0, 0.05) is 5.39 Å². The van der Waals surface area contributed by atoms with E-state index in [1.807, 2.05) is 25.1 Å². The number of carboxylic acid groups (broad SMARTS) is 1. The molecule has 4 nitrogen and oxygen atoms in total. The molecule has 0 radical (unpaired) electrons. The molecule has 0 unspecified atom stereocenters. The number of rotatable bonds is 4. The summed E-state index contributed by atoms with van der Waals surface area (Å²) in [5.41, 5.74) is 1.18. The predicted octanol–water partition coefficient (Wildman–Crippen LogP) is 2.22. The average Bonchev–Trinajstić information content (AvgIpc) is 2.36. The van der Waals surface area contributed by atoms with Crippen LogP contribution in [0.2, 0.25) is 0 Å². The molecule has 0 spiro atoms. The zero-order valence-electron chi connectivity index (χ0n) is 10.0. The number of carbonyl (C=O) groups is 1. The summed E-state index contributed by atoms with van der Waals surface area (Å²) in [6, 6.07) is 8.81. The van der Waals surface area contributed by atoms with Crippen LogP contribution in [0.25, 0.3) is 10.8 Å². The maximum Gasteiger partial charge on any atom is 0.335 e. The van der Waals surface area contributed by atoms with E-state index in [9.17, 15) is 4.79 Å². The number of aromatic carboxylic acids is 1. The predicted molar refractivity (Wildman–Crippen MR) is 68.2 cm³/mol. The minimum absolute atomic E-state index is 0.107. The molecule has 0 fully saturated rings. The van der Waals surface area contributed by atoms with Crippen LogP contribution < -0.4 is 4.74 Å². The van der Waals surface area contributed by atoms with Crippen molar-refractivity contribution in [2.24, 2.45) is 0 Å². The van der Waals surface area contributed by atoms with Gasteiger partial charge >= 0.3 is 5.97 Å². The van der Waals surface area contributed by atoms with Gasteiger partial charge in [0.05, 0.1) is 12.2 Å². The molecule has 2 N–H and O–H groups in total. The molecule has 0 amide bonds. The van der Waals surface area contributed by atoms with Gasteiger partial charge in [0.2, 0.25) is 0 Å². The zero-order valence-corrected chi connectivity index (χ0v) is 10.0. The van der Waals surface area contributed by atoms with Crippen molar-refractivity contribution in [1.82, 2.24) is 0 Å². The summed E-state index contributed by atoms with van der Waals surface area (Å²) in [7, 11) is 0. The fraction of sp³-hybridized carbons (Fsp3) is 0.214. The zero-order chi connectivity index (χ0) is 13.1. The van der Waals surface area contributed by atoms with Crippen LogP contribution in [0.5, 0.6) is 5.75 Å². The van der Waals surface area contributed by atoms with Crippen molar-refractivity contribution in [3.8, 4) is 5.75 Å². The Morgan fingerprint density at radius 2 is 2.06 bits per heavy atom. The monoisotopic (exact) mass is 246 g/mol. The number of fused-ring (bicyclic) bond motifs is 1. The van der Waals surface area contributed by atoms with Gasteiger partial charge in [-0.05, 0) is 30.0 Å². The van der Waals surface area contributed by atoms with Crippen molar-refractivity contribution in [1.29, 1.82) is 0 Å². The van der Waals surface area contributed by atoms with E-state index in [0.29, 0.717) is 5.75 Å². The van der Waals surface area contributed by atoms with Crippen LogP contribution in [0.4, 0.5) is 0 Å². The topological polar surface area (TPSA) is 66.8 Å². The third-order valence-corrected chi connectivity index (χ3v) is 2.77. The average molecular weight is 246 g/mol. The van der Waals surface area contributed by atoms with Crippen LogP contribution in [-0.2, 0) is 0 Å². The van der Waals surface area contributed by atoms with E-state index in [0.717, 1.165) is 16.3 Å². The fourth-order valence-corrected chi connectivity index (χ4v) is 1.90. The molecule has 2 aromatic rings. The SMILES string of the molecule is Cc1cccc2c(OCCO)cc(C(=O)O)cc12. The van der Waals surface area contributed by atoms with E-state index >= 15 is 0 Å². The number of hydrogen-bond donors (Lipinski definition) is 2. The summed E-state index contributed by atoms with van der Waals surface area (Å²) in [4.78, 5) is 11.1. The van der Waals surface area contributed by atoms with Crippen molar-refractivity contribution in [3.05, 3.63) is 41.5 Å². The van der Waals surface area contributed by atoms with E-state index in [1.54, 1.807) is 6.07 Å². The van der Waals surface area contributed by atoms with Crippen molar-refractivity contribution >= 4 is 16.7 Å². The Morgan fingerprint density at radius 1 is 1.28 bits per heavy atom. The van der Waals surface area contributed by atoms with E-state index in [-0.39, 0.29) is 18.8 Å². The lowest BCUT2D eigenvalue weighted by molar-refractivity contribution is 0.0696. The van der Waals surface area contributed by atoms with Crippen molar-refractivity contribution in [3.63, 3.8) is 0 Å². The summed E-state index contributed by atoms with van der Waals surface area (Å²) >= 11 is 0. The van der Waals surface area contributed by atoms with Gasteiger partial charge < -0.3 is 14.9 Å². The van der Waals surface area contributed by atoms with Crippen LogP contribution in [0.15, 0.2) is 30.3 Å². The van der Waals surface area contributed by atoms with Gasteiger partial charge in [-0.3, -0.25) is 0 Å². The third kappa shape index (κ3) is 2.28. The Balaban J connectivity index is 2.65. The first-order valence-corrected chi connectivity index (χ1v) is 5.64. The summed E-state index contributed by atoms with van der Waals surface area (Å²) in [6.45, 7) is 1.96. The lowest BCUT2D eigenvalue weighted by Gasteiger charge is -2.11. The van der Waals surface area contributed by atoms with Crippen LogP contribution in [-0.4, -0.2) is 29.4 Å². The first kappa shape index (κ1) is 12.4. The van der Waals surface area contributed by atoms with Gasteiger partial charge in [-0.15, -0.1) is 0 Å². The Bertz CT molecular complexity index is 590. The maximum atomic E-state index is 11.1. The molecule has 2 aromatic carbocycles. The van der Waals surface area contributed by atoms with Gasteiger partial charge in [0.25, 0.3) is 0 Å². The first-order valence-electron chi connectivity index (χ1n) is 5.64. The molecule has 0 aromatic heterocycles. The molecule has 0 aliphatic carbocycles. The van der Waals surface area contributed by atoms with Gasteiger partial charge in [-0.25, -0.2) is 4.79 Å². The standard InChI is InChI=1S/C14H14O4/c1-9-3-2-4-11-12(9)7-10(14(16)17)8-13(11)18-6-5-15/h2-4,7-8,15H,5-6H2,1H3,(H,16,17). The quantitative estimate of drug-likeness (QED) is 0.868. The second kappa shape index (κ2) is 5.06.